The molecule has 0 saturated heterocycles. The lowest BCUT2D eigenvalue weighted by Crippen LogP contribution is -2.29. The van der Waals surface area contributed by atoms with Crippen LogP contribution in [-0.4, -0.2) is 49.4 Å². The molecule has 34 heavy (non-hydrogen) atoms. The van der Waals surface area contributed by atoms with Crippen LogP contribution in [-0.2, 0) is 12.7 Å². The molecule has 0 fully saturated rings. The number of pyridine rings is 1. The molecule has 176 valence electrons. The highest BCUT2D eigenvalue weighted by Gasteiger charge is 2.33. The molecule has 4 rings (SSSR count). The summed E-state index contributed by atoms with van der Waals surface area (Å²) in [6, 6.07) is 7.85. The SMILES string of the molecule is Cc1cc(-c2ncc3nc(C(F)(F)F)cc(C)c3n2)ccc1N(C)C(=O)c1ccnn1CCO. The number of benzene rings is 1. The second-order valence-electron chi connectivity index (χ2n) is 7.78. The van der Waals surface area contributed by atoms with E-state index in [0.29, 0.717) is 33.8 Å². The molecule has 1 amide bonds. The molecule has 3 heterocycles. The van der Waals surface area contributed by atoms with Gasteiger partial charge in [-0.2, -0.15) is 18.3 Å². The summed E-state index contributed by atoms with van der Waals surface area (Å²) in [6.07, 6.45) is -1.77. The highest BCUT2D eigenvalue weighted by Crippen LogP contribution is 2.31. The molecule has 0 aliphatic rings. The van der Waals surface area contributed by atoms with Gasteiger partial charge >= 0.3 is 6.18 Å². The molecule has 0 bridgehead atoms. The molecule has 0 atom stereocenters. The highest BCUT2D eigenvalue weighted by molar-refractivity contribution is 6.05. The Morgan fingerprint density at radius 3 is 2.56 bits per heavy atom. The van der Waals surface area contributed by atoms with E-state index in [9.17, 15) is 18.0 Å². The predicted molar refractivity (Wildman–Crippen MR) is 119 cm³/mol. The number of aliphatic hydroxyl groups is 1. The lowest BCUT2D eigenvalue weighted by Gasteiger charge is -2.20. The molecule has 0 saturated carbocycles. The molecular formula is C23H21F3N6O2. The number of carbonyl (C=O) groups excluding carboxylic acids is 1. The first kappa shape index (κ1) is 23.3. The molecule has 1 N–H and O–H groups in total. The van der Waals surface area contributed by atoms with Crippen molar-refractivity contribution >= 4 is 22.6 Å². The fraction of sp³-hybridized carbons (Fsp3) is 0.261. The van der Waals surface area contributed by atoms with E-state index < -0.39 is 11.9 Å². The smallest absolute Gasteiger partial charge is 0.394 e. The number of alkyl halides is 3. The number of aliphatic hydroxyl groups excluding tert-OH is 1. The van der Waals surface area contributed by atoms with Gasteiger partial charge in [0.25, 0.3) is 5.91 Å². The van der Waals surface area contributed by atoms with Crippen molar-refractivity contribution in [1.29, 1.82) is 0 Å². The normalized spacial score (nSPS) is 11.7. The largest absolute Gasteiger partial charge is 0.433 e. The Hall–Kier alpha value is -3.86. The number of hydrogen-bond donors (Lipinski definition) is 1. The van der Waals surface area contributed by atoms with Crippen LogP contribution in [0.4, 0.5) is 18.9 Å². The molecule has 0 radical (unpaired) electrons. The Bertz CT molecular complexity index is 1380. The third-order valence-corrected chi connectivity index (χ3v) is 5.40. The van der Waals surface area contributed by atoms with Crippen LogP contribution in [0.5, 0.6) is 0 Å². The van der Waals surface area contributed by atoms with Crippen LogP contribution in [0.1, 0.15) is 27.3 Å². The number of hydrogen-bond acceptors (Lipinski definition) is 6. The van der Waals surface area contributed by atoms with Crippen molar-refractivity contribution in [1.82, 2.24) is 24.7 Å². The molecule has 8 nitrogen and oxygen atoms in total. The summed E-state index contributed by atoms with van der Waals surface area (Å²) in [6.45, 7) is 3.44. The maximum absolute atomic E-state index is 13.0. The zero-order valence-corrected chi connectivity index (χ0v) is 18.6. The van der Waals surface area contributed by atoms with Gasteiger partial charge in [0.2, 0.25) is 0 Å². The quantitative estimate of drug-likeness (QED) is 0.477. The van der Waals surface area contributed by atoms with E-state index >= 15 is 0 Å². The molecular weight excluding hydrogens is 449 g/mol. The van der Waals surface area contributed by atoms with Crippen molar-refractivity contribution in [3.05, 3.63) is 65.2 Å². The van der Waals surface area contributed by atoms with Crippen LogP contribution < -0.4 is 4.90 Å². The van der Waals surface area contributed by atoms with Crippen LogP contribution >= 0.6 is 0 Å². The van der Waals surface area contributed by atoms with E-state index in [1.165, 1.54) is 22.0 Å². The van der Waals surface area contributed by atoms with Crippen molar-refractivity contribution < 1.29 is 23.1 Å². The number of carbonyl (C=O) groups is 1. The van der Waals surface area contributed by atoms with E-state index in [1.54, 1.807) is 38.2 Å². The van der Waals surface area contributed by atoms with Gasteiger partial charge in [0, 0.05) is 24.5 Å². The van der Waals surface area contributed by atoms with E-state index in [2.05, 4.69) is 20.1 Å². The number of halogens is 3. The first-order valence-electron chi connectivity index (χ1n) is 10.3. The van der Waals surface area contributed by atoms with Gasteiger partial charge in [0.15, 0.2) is 5.82 Å². The number of anilines is 1. The van der Waals surface area contributed by atoms with Crippen molar-refractivity contribution in [3.8, 4) is 11.4 Å². The van der Waals surface area contributed by atoms with Gasteiger partial charge in [0.1, 0.15) is 16.9 Å². The van der Waals surface area contributed by atoms with Crippen LogP contribution in [0.2, 0.25) is 0 Å². The number of aromatic nitrogens is 5. The van der Waals surface area contributed by atoms with Crippen molar-refractivity contribution in [2.75, 3.05) is 18.6 Å². The zero-order valence-electron chi connectivity index (χ0n) is 18.6. The molecule has 3 aromatic heterocycles. The maximum atomic E-state index is 13.0. The van der Waals surface area contributed by atoms with E-state index in [-0.39, 0.29) is 24.6 Å². The standard InChI is InChI=1S/C23H21F3N6O2/c1-13-10-15(4-5-17(13)31(3)22(34)18-6-7-28-32(18)8-9-33)21-27-12-16-20(30-21)14(2)11-19(29-16)23(24,25)26/h4-7,10-12,33H,8-9H2,1-3H3. The molecule has 0 unspecified atom stereocenters. The Balaban J connectivity index is 1.66. The highest BCUT2D eigenvalue weighted by atomic mass is 19.4. The molecule has 4 aromatic rings. The topological polar surface area (TPSA) is 97.0 Å². The average Bonchev–Trinajstić information content (AvgIpc) is 3.25. The summed E-state index contributed by atoms with van der Waals surface area (Å²) < 4.78 is 40.6. The van der Waals surface area contributed by atoms with E-state index in [0.717, 1.165) is 11.6 Å². The molecule has 11 heteroatoms. The lowest BCUT2D eigenvalue weighted by atomic mass is 10.1. The van der Waals surface area contributed by atoms with Crippen molar-refractivity contribution in [2.45, 2.75) is 26.6 Å². The third kappa shape index (κ3) is 4.34. The van der Waals surface area contributed by atoms with Crippen LogP contribution in [0, 0.1) is 13.8 Å². The second kappa shape index (κ2) is 8.82. The first-order chi connectivity index (χ1) is 16.1. The zero-order chi connectivity index (χ0) is 24.6. The van der Waals surface area contributed by atoms with Crippen molar-refractivity contribution in [3.63, 3.8) is 0 Å². The summed E-state index contributed by atoms with van der Waals surface area (Å²) in [4.78, 5) is 26.7. The monoisotopic (exact) mass is 470 g/mol. The number of nitrogens with zero attached hydrogens (tertiary/aromatic N) is 6. The minimum atomic E-state index is -4.55. The van der Waals surface area contributed by atoms with Crippen LogP contribution in [0.3, 0.4) is 0 Å². The van der Waals surface area contributed by atoms with Crippen molar-refractivity contribution in [2.24, 2.45) is 0 Å². The van der Waals surface area contributed by atoms with E-state index in [4.69, 9.17) is 5.11 Å². The number of rotatable bonds is 5. The van der Waals surface area contributed by atoms with Gasteiger partial charge < -0.3 is 10.0 Å². The maximum Gasteiger partial charge on any atom is 0.433 e. The molecule has 1 aromatic carbocycles. The lowest BCUT2D eigenvalue weighted by molar-refractivity contribution is -0.141. The molecule has 0 aliphatic carbocycles. The minimum absolute atomic E-state index is 0.0641. The summed E-state index contributed by atoms with van der Waals surface area (Å²) in [5.74, 6) is 0.0488. The summed E-state index contributed by atoms with van der Waals surface area (Å²) >= 11 is 0. The van der Waals surface area contributed by atoms with Gasteiger partial charge in [0.05, 0.1) is 24.9 Å². The fourth-order valence-corrected chi connectivity index (χ4v) is 3.71. The van der Waals surface area contributed by atoms with Crippen LogP contribution in [0.15, 0.2) is 42.7 Å². The minimum Gasteiger partial charge on any atom is -0.394 e. The average molecular weight is 470 g/mol. The summed E-state index contributed by atoms with van der Waals surface area (Å²) in [7, 11) is 1.64. The first-order valence-corrected chi connectivity index (χ1v) is 10.3. The van der Waals surface area contributed by atoms with Gasteiger partial charge in [-0.15, -0.1) is 0 Å². The summed E-state index contributed by atoms with van der Waals surface area (Å²) in [5.41, 5.74) is 2.18. The number of amides is 1. The molecule has 0 spiro atoms. The number of fused-ring (bicyclic) bond motifs is 1. The Morgan fingerprint density at radius 1 is 1.12 bits per heavy atom. The van der Waals surface area contributed by atoms with Gasteiger partial charge in [-0.1, -0.05) is 0 Å². The fourth-order valence-electron chi connectivity index (χ4n) is 3.71. The Morgan fingerprint density at radius 2 is 1.88 bits per heavy atom. The molecule has 0 aliphatic heterocycles. The second-order valence-corrected chi connectivity index (χ2v) is 7.78. The van der Waals surface area contributed by atoms with Crippen LogP contribution in [0.25, 0.3) is 22.4 Å². The van der Waals surface area contributed by atoms with Gasteiger partial charge in [-0.05, 0) is 55.3 Å². The predicted octanol–water partition coefficient (Wildman–Crippen LogP) is 3.79. The Kier molecular flexibility index (Phi) is 6.05. The third-order valence-electron chi connectivity index (χ3n) is 5.40. The Labute approximate surface area is 192 Å². The van der Waals surface area contributed by atoms with Gasteiger partial charge in [-0.25, -0.2) is 15.0 Å². The van der Waals surface area contributed by atoms with E-state index in [1.807, 2.05) is 6.92 Å². The van der Waals surface area contributed by atoms with Gasteiger partial charge in [-0.3, -0.25) is 9.48 Å². The summed E-state index contributed by atoms with van der Waals surface area (Å²) in [5, 5.41) is 13.2. The number of aryl methyl sites for hydroxylation is 2.